The van der Waals surface area contributed by atoms with Gasteiger partial charge in [0.05, 0.1) is 32.5 Å². The minimum Gasteiger partial charge on any atom is -0.491 e. The minimum atomic E-state index is -0.412. The molecular formula is C18H28O5. The second kappa shape index (κ2) is 9.88. The number of hydrogen-bond acceptors (Lipinski definition) is 5. The van der Waals surface area contributed by atoms with E-state index in [1.807, 2.05) is 12.1 Å². The smallest absolute Gasteiger partial charge is 0.119 e. The number of ether oxygens (including phenoxy) is 4. The second-order valence-corrected chi connectivity index (χ2v) is 6.00. The Balaban J connectivity index is 0.000000182. The Labute approximate surface area is 138 Å². The van der Waals surface area contributed by atoms with Crippen molar-refractivity contribution in [3.8, 4) is 5.75 Å². The number of aliphatic hydroxyl groups is 1. The fourth-order valence-electron chi connectivity index (χ4n) is 1.92. The van der Waals surface area contributed by atoms with Crippen molar-refractivity contribution in [1.29, 1.82) is 0 Å². The highest BCUT2D eigenvalue weighted by Gasteiger charge is 2.26. The van der Waals surface area contributed by atoms with Crippen LogP contribution in [0.1, 0.15) is 25.8 Å². The lowest BCUT2D eigenvalue weighted by atomic mass is 10.1. The predicted octanol–water partition coefficient (Wildman–Crippen LogP) is 2.20. The lowest BCUT2D eigenvalue weighted by Crippen LogP contribution is -2.12. The van der Waals surface area contributed by atoms with Gasteiger partial charge in [-0.1, -0.05) is 25.5 Å². The molecule has 2 fully saturated rings. The van der Waals surface area contributed by atoms with Gasteiger partial charge in [0.25, 0.3) is 0 Å². The van der Waals surface area contributed by atoms with Gasteiger partial charge in [0.1, 0.15) is 24.6 Å². The molecule has 23 heavy (non-hydrogen) atoms. The first-order valence-corrected chi connectivity index (χ1v) is 8.38. The van der Waals surface area contributed by atoms with Crippen LogP contribution in [0.25, 0.3) is 0 Å². The Morgan fingerprint density at radius 2 is 1.70 bits per heavy atom. The van der Waals surface area contributed by atoms with Crippen LogP contribution in [0.15, 0.2) is 24.3 Å². The SMILES string of the molecule is C(OCC1CO1)C1CO1.CCCc1ccc(OCC(C)O)cc1. The number of benzene rings is 1. The van der Waals surface area contributed by atoms with Gasteiger partial charge in [-0.2, -0.15) is 0 Å². The maximum atomic E-state index is 9.03. The van der Waals surface area contributed by atoms with Crippen LogP contribution in [-0.4, -0.2) is 56.5 Å². The summed E-state index contributed by atoms with van der Waals surface area (Å²) in [5.41, 5.74) is 1.33. The van der Waals surface area contributed by atoms with E-state index in [1.54, 1.807) is 6.92 Å². The van der Waals surface area contributed by atoms with Crippen molar-refractivity contribution in [2.45, 2.75) is 45.0 Å². The number of rotatable bonds is 9. The topological polar surface area (TPSA) is 63.8 Å². The molecule has 3 atom stereocenters. The predicted molar refractivity (Wildman–Crippen MR) is 87.9 cm³/mol. The van der Waals surface area contributed by atoms with E-state index in [-0.39, 0.29) is 0 Å². The number of aryl methyl sites for hydroxylation is 1. The molecule has 1 aromatic carbocycles. The quantitative estimate of drug-likeness (QED) is 0.706. The molecule has 5 nitrogen and oxygen atoms in total. The number of epoxide rings is 2. The molecule has 130 valence electrons. The maximum Gasteiger partial charge on any atom is 0.119 e. The highest BCUT2D eigenvalue weighted by atomic mass is 16.6. The van der Waals surface area contributed by atoms with Crippen molar-refractivity contribution in [3.05, 3.63) is 29.8 Å². The first kappa shape index (κ1) is 18.2. The van der Waals surface area contributed by atoms with Crippen LogP contribution in [0.4, 0.5) is 0 Å². The molecule has 2 aliphatic rings. The number of hydrogen-bond donors (Lipinski definition) is 1. The Bertz CT molecular complexity index is 412. The third kappa shape index (κ3) is 8.91. The van der Waals surface area contributed by atoms with Gasteiger partial charge in [0.2, 0.25) is 0 Å². The molecule has 5 heteroatoms. The fourth-order valence-corrected chi connectivity index (χ4v) is 1.92. The monoisotopic (exact) mass is 324 g/mol. The van der Waals surface area contributed by atoms with Crippen LogP contribution in [0, 0.1) is 0 Å². The van der Waals surface area contributed by atoms with Crippen molar-refractivity contribution in [1.82, 2.24) is 0 Å². The second-order valence-electron chi connectivity index (χ2n) is 6.00. The van der Waals surface area contributed by atoms with Gasteiger partial charge in [-0.05, 0) is 31.0 Å². The summed E-state index contributed by atoms with van der Waals surface area (Å²) in [6.45, 7) is 7.49. The van der Waals surface area contributed by atoms with E-state index < -0.39 is 6.10 Å². The molecule has 0 spiro atoms. The third-order valence-electron chi connectivity index (χ3n) is 3.37. The third-order valence-corrected chi connectivity index (χ3v) is 3.37. The zero-order chi connectivity index (χ0) is 16.5. The molecule has 0 aromatic heterocycles. The summed E-state index contributed by atoms with van der Waals surface area (Å²) < 4.78 is 20.5. The van der Waals surface area contributed by atoms with E-state index in [0.717, 1.165) is 45.0 Å². The fraction of sp³-hybridized carbons (Fsp3) is 0.667. The molecule has 2 heterocycles. The van der Waals surface area contributed by atoms with E-state index in [0.29, 0.717) is 18.8 Å². The molecule has 1 aromatic rings. The van der Waals surface area contributed by atoms with Crippen LogP contribution >= 0.6 is 0 Å². The lowest BCUT2D eigenvalue weighted by molar-refractivity contribution is 0.102. The average molecular weight is 324 g/mol. The molecule has 1 N–H and O–H groups in total. The van der Waals surface area contributed by atoms with Crippen LogP contribution in [0.5, 0.6) is 5.75 Å². The van der Waals surface area contributed by atoms with E-state index >= 15 is 0 Å². The zero-order valence-corrected chi connectivity index (χ0v) is 14.1. The van der Waals surface area contributed by atoms with Crippen molar-refractivity contribution in [2.24, 2.45) is 0 Å². The average Bonchev–Trinajstić information content (AvgIpc) is 3.43. The maximum absolute atomic E-state index is 9.03. The molecule has 0 amide bonds. The Kier molecular flexibility index (Phi) is 7.82. The Morgan fingerprint density at radius 3 is 2.13 bits per heavy atom. The van der Waals surface area contributed by atoms with Crippen LogP contribution in [-0.2, 0) is 20.6 Å². The standard InChI is InChI=1S/C12H18O2.C6H10O3/c1-3-4-11-5-7-12(8-6-11)14-9-10(2)13;1(5-3-8-5)7-2-6-4-9-6/h5-8,10,13H,3-4,9H2,1-2H3;5-6H,1-4H2. The summed E-state index contributed by atoms with van der Waals surface area (Å²) in [6, 6.07) is 8.04. The highest BCUT2D eigenvalue weighted by molar-refractivity contribution is 5.27. The number of aliphatic hydroxyl groups excluding tert-OH is 1. The van der Waals surface area contributed by atoms with Gasteiger partial charge in [0, 0.05) is 0 Å². The molecular weight excluding hydrogens is 296 g/mol. The van der Waals surface area contributed by atoms with Crippen LogP contribution < -0.4 is 4.74 Å². The summed E-state index contributed by atoms with van der Waals surface area (Å²) in [5.74, 6) is 0.825. The van der Waals surface area contributed by atoms with Crippen LogP contribution in [0.2, 0.25) is 0 Å². The zero-order valence-electron chi connectivity index (χ0n) is 14.1. The van der Waals surface area contributed by atoms with Gasteiger partial charge in [-0.25, -0.2) is 0 Å². The summed E-state index contributed by atoms with van der Waals surface area (Å²) in [4.78, 5) is 0. The first-order valence-electron chi connectivity index (χ1n) is 8.38. The van der Waals surface area contributed by atoms with Crippen molar-refractivity contribution in [3.63, 3.8) is 0 Å². The van der Waals surface area contributed by atoms with Crippen molar-refractivity contribution >= 4 is 0 Å². The van der Waals surface area contributed by atoms with Gasteiger partial charge in [-0.3, -0.25) is 0 Å². The van der Waals surface area contributed by atoms with Gasteiger partial charge < -0.3 is 24.1 Å². The molecule has 2 saturated heterocycles. The first-order chi connectivity index (χ1) is 11.2. The largest absolute Gasteiger partial charge is 0.491 e. The Morgan fingerprint density at radius 1 is 1.13 bits per heavy atom. The van der Waals surface area contributed by atoms with Crippen LogP contribution in [0.3, 0.4) is 0 Å². The van der Waals surface area contributed by atoms with Crippen molar-refractivity contribution in [2.75, 3.05) is 33.0 Å². The molecule has 2 aliphatic heterocycles. The molecule has 0 bridgehead atoms. The highest BCUT2D eigenvalue weighted by Crippen LogP contribution is 2.13. The van der Waals surface area contributed by atoms with Gasteiger partial charge in [-0.15, -0.1) is 0 Å². The van der Waals surface area contributed by atoms with E-state index in [9.17, 15) is 0 Å². The summed E-state index contributed by atoms with van der Waals surface area (Å²) in [7, 11) is 0. The summed E-state index contributed by atoms with van der Waals surface area (Å²) in [6.07, 6.45) is 2.64. The van der Waals surface area contributed by atoms with Crippen molar-refractivity contribution < 1.29 is 24.1 Å². The Hall–Kier alpha value is -1.14. The summed E-state index contributed by atoms with van der Waals surface area (Å²) >= 11 is 0. The molecule has 3 unspecified atom stereocenters. The molecule has 0 saturated carbocycles. The van der Waals surface area contributed by atoms with Gasteiger partial charge >= 0.3 is 0 Å². The van der Waals surface area contributed by atoms with E-state index in [1.165, 1.54) is 5.56 Å². The lowest BCUT2D eigenvalue weighted by Gasteiger charge is -2.08. The summed E-state index contributed by atoms with van der Waals surface area (Å²) in [5, 5.41) is 9.03. The molecule has 0 aliphatic carbocycles. The molecule has 3 rings (SSSR count). The van der Waals surface area contributed by atoms with E-state index in [2.05, 4.69) is 19.1 Å². The van der Waals surface area contributed by atoms with Gasteiger partial charge in [0.15, 0.2) is 0 Å². The van der Waals surface area contributed by atoms with E-state index in [4.69, 9.17) is 24.1 Å². The normalized spacial score (nSPS) is 22.7. The molecule has 0 radical (unpaired) electrons. The minimum absolute atomic E-state index is 0.354.